The van der Waals surface area contributed by atoms with E-state index in [0.717, 1.165) is 18.5 Å². The molecule has 19 heavy (non-hydrogen) atoms. The zero-order valence-electron chi connectivity index (χ0n) is 10.4. The van der Waals surface area contributed by atoms with Crippen LogP contribution in [0.25, 0.3) is 0 Å². The summed E-state index contributed by atoms with van der Waals surface area (Å²) in [5.41, 5.74) is 1.66. The maximum atomic E-state index is 10.8. The summed E-state index contributed by atoms with van der Waals surface area (Å²) < 4.78 is 0. The van der Waals surface area contributed by atoms with Gasteiger partial charge in [-0.25, -0.2) is 0 Å². The Kier molecular flexibility index (Phi) is 3.58. The normalized spacial score (nSPS) is 14.4. The van der Waals surface area contributed by atoms with E-state index in [9.17, 15) is 4.79 Å². The molecule has 1 saturated carbocycles. The summed E-state index contributed by atoms with van der Waals surface area (Å²) in [4.78, 5) is 14.5. The van der Waals surface area contributed by atoms with Crippen molar-refractivity contribution in [1.29, 1.82) is 0 Å². The molecule has 0 amide bonds. The van der Waals surface area contributed by atoms with Crippen molar-refractivity contribution in [2.75, 3.05) is 4.90 Å². The summed E-state index contributed by atoms with van der Waals surface area (Å²) in [6.07, 6.45) is 3.27. The molecule has 0 radical (unpaired) electrons. The SMILES string of the molecule is O=Cc1ccc(N(Cc2cccs2)C2CC2)cc1Cl. The standard InChI is InChI=1S/C15H14ClNOS/c16-15-8-13(4-3-11(15)10-18)17(12-5-6-12)9-14-2-1-7-19-14/h1-4,7-8,10,12H,5-6,9H2. The highest BCUT2D eigenvalue weighted by atomic mass is 35.5. The highest BCUT2D eigenvalue weighted by Gasteiger charge is 2.29. The second-order valence-electron chi connectivity index (χ2n) is 4.76. The molecule has 0 bridgehead atoms. The summed E-state index contributed by atoms with van der Waals surface area (Å²) in [5, 5.41) is 2.63. The fourth-order valence-electron chi connectivity index (χ4n) is 2.18. The van der Waals surface area contributed by atoms with Crippen LogP contribution in [-0.2, 0) is 6.54 Å². The zero-order chi connectivity index (χ0) is 13.2. The minimum absolute atomic E-state index is 0.532. The molecule has 3 rings (SSSR count). The molecule has 1 aromatic heterocycles. The van der Waals surface area contributed by atoms with E-state index in [1.165, 1.54) is 17.7 Å². The molecule has 4 heteroatoms. The van der Waals surface area contributed by atoms with Crippen LogP contribution in [0.15, 0.2) is 35.7 Å². The molecule has 0 unspecified atom stereocenters. The molecule has 0 atom stereocenters. The van der Waals surface area contributed by atoms with Crippen LogP contribution < -0.4 is 4.90 Å². The van der Waals surface area contributed by atoms with Crippen LogP contribution >= 0.6 is 22.9 Å². The van der Waals surface area contributed by atoms with E-state index in [4.69, 9.17) is 11.6 Å². The third kappa shape index (κ3) is 2.82. The molecule has 0 N–H and O–H groups in total. The summed E-state index contributed by atoms with van der Waals surface area (Å²) >= 11 is 7.90. The lowest BCUT2D eigenvalue weighted by atomic mass is 10.2. The van der Waals surface area contributed by atoms with E-state index < -0.39 is 0 Å². The van der Waals surface area contributed by atoms with Crippen LogP contribution in [-0.4, -0.2) is 12.3 Å². The lowest BCUT2D eigenvalue weighted by Gasteiger charge is -2.24. The number of thiophene rings is 1. The number of halogens is 1. The fourth-order valence-corrected chi connectivity index (χ4v) is 3.10. The second kappa shape index (κ2) is 5.35. The molecule has 0 saturated heterocycles. The first kappa shape index (κ1) is 12.7. The van der Waals surface area contributed by atoms with Crippen LogP contribution in [0.1, 0.15) is 28.1 Å². The Bertz CT molecular complexity index is 578. The van der Waals surface area contributed by atoms with Crippen LogP contribution in [0.4, 0.5) is 5.69 Å². The lowest BCUT2D eigenvalue weighted by Crippen LogP contribution is -2.24. The van der Waals surface area contributed by atoms with E-state index in [1.54, 1.807) is 17.4 Å². The Balaban J connectivity index is 1.87. The number of benzene rings is 1. The smallest absolute Gasteiger partial charge is 0.151 e. The molecule has 2 aromatic rings. The van der Waals surface area contributed by atoms with E-state index in [-0.39, 0.29) is 0 Å². The molecule has 2 nitrogen and oxygen atoms in total. The number of hydrogen-bond donors (Lipinski definition) is 0. The topological polar surface area (TPSA) is 20.3 Å². The fraction of sp³-hybridized carbons (Fsp3) is 0.267. The van der Waals surface area contributed by atoms with Crippen molar-refractivity contribution in [1.82, 2.24) is 0 Å². The first-order valence-electron chi connectivity index (χ1n) is 6.31. The molecule has 1 aliphatic rings. The van der Waals surface area contributed by atoms with Gasteiger partial charge in [-0.3, -0.25) is 4.79 Å². The van der Waals surface area contributed by atoms with Gasteiger partial charge in [0.25, 0.3) is 0 Å². The lowest BCUT2D eigenvalue weighted by molar-refractivity contribution is 0.112. The van der Waals surface area contributed by atoms with E-state index in [1.807, 2.05) is 12.1 Å². The van der Waals surface area contributed by atoms with Crippen LogP contribution in [0.3, 0.4) is 0 Å². The van der Waals surface area contributed by atoms with Crippen molar-refractivity contribution in [3.05, 3.63) is 51.2 Å². The molecular weight excluding hydrogens is 278 g/mol. The Labute approximate surface area is 121 Å². The number of hydrogen-bond acceptors (Lipinski definition) is 3. The number of nitrogens with zero attached hydrogens (tertiary/aromatic N) is 1. The minimum atomic E-state index is 0.532. The third-order valence-corrected chi connectivity index (χ3v) is 4.53. The van der Waals surface area contributed by atoms with Crippen molar-refractivity contribution in [3.8, 4) is 0 Å². The quantitative estimate of drug-likeness (QED) is 0.762. The van der Waals surface area contributed by atoms with E-state index >= 15 is 0 Å². The number of anilines is 1. The van der Waals surface area contributed by atoms with Gasteiger partial charge in [-0.15, -0.1) is 11.3 Å². The predicted molar refractivity (Wildman–Crippen MR) is 80.4 cm³/mol. The molecule has 1 aromatic carbocycles. The summed E-state index contributed by atoms with van der Waals surface area (Å²) in [7, 11) is 0. The van der Waals surface area contributed by atoms with Crippen LogP contribution in [0.2, 0.25) is 5.02 Å². The second-order valence-corrected chi connectivity index (χ2v) is 6.20. The number of rotatable bonds is 5. The van der Waals surface area contributed by atoms with Gasteiger partial charge >= 0.3 is 0 Å². The minimum Gasteiger partial charge on any atom is -0.363 e. The number of aldehydes is 1. The Hall–Kier alpha value is -1.32. The average Bonchev–Trinajstić information content (AvgIpc) is 3.13. The number of carbonyl (C=O) groups is 1. The predicted octanol–water partition coefficient (Wildman–Crippen LogP) is 4.38. The van der Waals surface area contributed by atoms with Gasteiger partial charge in [-0.05, 0) is 42.5 Å². The highest BCUT2D eigenvalue weighted by Crippen LogP contribution is 2.35. The van der Waals surface area contributed by atoms with Crippen LogP contribution in [0.5, 0.6) is 0 Å². The highest BCUT2D eigenvalue weighted by molar-refractivity contribution is 7.09. The maximum Gasteiger partial charge on any atom is 0.151 e. The first-order valence-corrected chi connectivity index (χ1v) is 7.57. The maximum absolute atomic E-state index is 10.8. The molecule has 0 spiro atoms. The Morgan fingerprint density at radius 1 is 1.37 bits per heavy atom. The summed E-state index contributed by atoms with van der Waals surface area (Å²) in [6.45, 7) is 0.916. The van der Waals surface area contributed by atoms with Gasteiger partial charge in [-0.2, -0.15) is 0 Å². The van der Waals surface area contributed by atoms with Crippen molar-refractivity contribution in [2.45, 2.75) is 25.4 Å². The average molecular weight is 292 g/mol. The molecule has 1 fully saturated rings. The molecule has 1 aliphatic carbocycles. The van der Waals surface area contributed by atoms with Crippen molar-refractivity contribution in [2.24, 2.45) is 0 Å². The van der Waals surface area contributed by atoms with Gasteiger partial charge in [-0.1, -0.05) is 17.7 Å². The van der Waals surface area contributed by atoms with Gasteiger partial charge in [0.2, 0.25) is 0 Å². The van der Waals surface area contributed by atoms with E-state index in [2.05, 4.69) is 22.4 Å². The van der Waals surface area contributed by atoms with E-state index in [0.29, 0.717) is 16.6 Å². The van der Waals surface area contributed by atoms with Gasteiger partial charge in [0.1, 0.15) is 0 Å². The summed E-state index contributed by atoms with van der Waals surface area (Å²) in [6, 6.07) is 10.5. The first-order chi connectivity index (χ1) is 9.28. The van der Waals surface area contributed by atoms with Gasteiger partial charge < -0.3 is 4.90 Å². The molecule has 0 aliphatic heterocycles. The Morgan fingerprint density at radius 3 is 2.79 bits per heavy atom. The van der Waals surface area contributed by atoms with Crippen molar-refractivity contribution >= 4 is 34.9 Å². The van der Waals surface area contributed by atoms with Crippen molar-refractivity contribution < 1.29 is 4.79 Å². The third-order valence-electron chi connectivity index (χ3n) is 3.34. The molecular formula is C15H14ClNOS. The molecule has 98 valence electrons. The van der Waals surface area contributed by atoms with Crippen LogP contribution in [0, 0.1) is 0 Å². The van der Waals surface area contributed by atoms with Gasteiger partial charge in [0.15, 0.2) is 6.29 Å². The van der Waals surface area contributed by atoms with Crippen molar-refractivity contribution in [3.63, 3.8) is 0 Å². The molecule has 1 heterocycles. The van der Waals surface area contributed by atoms with Gasteiger partial charge in [0.05, 0.1) is 11.6 Å². The number of carbonyl (C=O) groups excluding carboxylic acids is 1. The zero-order valence-corrected chi connectivity index (χ0v) is 12.0. The Morgan fingerprint density at radius 2 is 2.21 bits per heavy atom. The largest absolute Gasteiger partial charge is 0.363 e. The summed E-state index contributed by atoms with van der Waals surface area (Å²) in [5.74, 6) is 0. The monoisotopic (exact) mass is 291 g/mol. The van der Waals surface area contributed by atoms with Gasteiger partial charge in [0, 0.05) is 22.2 Å².